The van der Waals surface area contributed by atoms with Gasteiger partial charge in [-0.2, -0.15) is 0 Å². The van der Waals surface area contributed by atoms with Crippen molar-refractivity contribution in [2.45, 2.75) is 45.3 Å². The Bertz CT molecular complexity index is 855. The van der Waals surface area contributed by atoms with Gasteiger partial charge in [0, 0.05) is 6.54 Å². The normalized spacial score (nSPS) is 17.1. The van der Waals surface area contributed by atoms with E-state index in [9.17, 15) is 9.59 Å². The lowest BCUT2D eigenvalue weighted by atomic mass is 9.95. The Balaban J connectivity index is 1.71. The molecule has 142 valence electrons. The molecule has 3 rings (SSSR count). The summed E-state index contributed by atoms with van der Waals surface area (Å²) in [5.41, 5.74) is 10.6. The maximum Gasteiger partial charge on any atom is 0.328 e. The number of nitrogens with two attached hydrogens (primary N) is 1. The highest BCUT2D eigenvalue weighted by molar-refractivity contribution is 5.79. The molecule has 27 heavy (non-hydrogen) atoms. The number of rotatable bonds is 5. The van der Waals surface area contributed by atoms with E-state index >= 15 is 0 Å². The Kier molecular flexibility index (Phi) is 5.58. The number of carboxylic acid groups (broad SMARTS) is 1. The molecule has 0 bridgehead atoms. The van der Waals surface area contributed by atoms with Crippen molar-refractivity contribution in [2.75, 3.05) is 0 Å². The van der Waals surface area contributed by atoms with Crippen LogP contribution in [0.3, 0.4) is 0 Å². The SMILES string of the molecule is Cc1cc(OC(=O)C2Cc3ccccc3CN2)cc(C)c1C[C@H](N)C(=O)O. The zero-order valence-corrected chi connectivity index (χ0v) is 15.5. The highest BCUT2D eigenvalue weighted by atomic mass is 16.5. The van der Waals surface area contributed by atoms with Crippen LogP contribution in [0.4, 0.5) is 0 Å². The number of aryl methyl sites for hydroxylation is 2. The second-order valence-electron chi connectivity index (χ2n) is 7.01. The number of carbonyl (C=O) groups excluding carboxylic acids is 1. The van der Waals surface area contributed by atoms with Crippen LogP contribution < -0.4 is 15.8 Å². The standard InChI is InChI=1S/C21H24N2O4/c1-12-7-16(8-13(2)17(12)10-18(22)20(24)25)27-21(26)19-9-14-5-3-4-6-15(14)11-23-19/h3-8,18-19,23H,9-11,22H2,1-2H3,(H,24,25)/t18-,19?/m0/s1. The van der Waals surface area contributed by atoms with Gasteiger partial charge in [-0.3, -0.25) is 10.1 Å². The van der Waals surface area contributed by atoms with Gasteiger partial charge in [-0.25, -0.2) is 4.79 Å². The molecule has 0 amide bonds. The molecule has 0 saturated heterocycles. The van der Waals surface area contributed by atoms with Crippen molar-refractivity contribution in [1.29, 1.82) is 0 Å². The summed E-state index contributed by atoms with van der Waals surface area (Å²) in [6.07, 6.45) is 0.834. The third-order valence-corrected chi connectivity index (χ3v) is 5.00. The third kappa shape index (κ3) is 4.35. The number of esters is 1. The van der Waals surface area contributed by atoms with Gasteiger partial charge in [0.25, 0.3) is 0 Å². The van der Waals surface area contributed by atoms with Crippen LogP contribution in [-0.4, -0.2) is 29.1 Å². The number of ether oxygens (including phenoxy) is 1. The van der Waals surface area contributed by atoms with E-state index in [1.165, 1.54) is 5.56 Å². The lowest BCUT2D eigenvalue weighted by molar-refractivity contribution is -0.138. The van der Waals surface area contributed by atoms with E-state index in [2.05, 4.69) is 11.4 Å². The van der Waals surface area contributed by atoms with E-state index in [-0.39, 0.29) is 18.4 Å². The van der Waals surface area contributed by atoms with E-state index in [0.29, 0.717) is 18.7 Å². The number of nitrogens with one attached hydrogen (secondary N) is 1. The molecule has 6 heteroatoms. The first-order chi connectivity index (χ1) is 12.8. The maximum atomic E-state index is 12.6. The number of benzene rings is 2. The predicted molar refractivity (Wildman–Crippen MR) is 102 cm³/mol. The molecule has 1 aliphatic heterocycles. The van der Waals surface area contributed by atoms with Crippen molar-refractivity contribution in [3.05, 3.63) is 64.2 Å². The lowest BCUT2D eigenvalue weighted by Gasteiger charge is -2.24. The van der Waals surface area contributed by atoms with Gasteiger partial charge in [0.2, 0.25) is 0 Å². The van der Waals surface area contributed by atoms with Crippen LogP contribution in [0.2, 0.25) is 0 Å². The van der Waals surface area contributed by atoms with Crippen molar-refractivity contribution >= 4 is 11.9 Å². The van der Waals surface area contributed by atoms with Crippen molar-refractivity contribution in [3.63, 3.8) is 0 Å². The average molecular weight is 368 g/mol. The summed E-state index contributed by atoms with van der Waals surface area (Å²) in [5.74, 6) is -0.894. The van der Waals surface area contributed by atoms with Crippen LogP contribution in [0.1, 0.15) is 27.8 Å². The maximum absolute atomic E-state index is 12.6. The van der Waals surface area contributed by atoms with E-state index in [1.807, 2.05) is 32.0 Å². The molecule has 0 aliphatic carbocycles. The van der Waals surface area contributed by atoms with Gasteiger partial charge in [0.15, 0.2) is 0 Å². The zero-order valence-electron chi connectivity index (χ0n) is 15.5. The fraction of sp³-hybridized carbons (Fsp3) is 0.333. The van der Waals surface area contributed by atoms with E-state index < -0.39 is 12.0 Å². The molecule has 1 aliphatic rings. The minimum absolute atomic E-state index is 0.238. The fourth-order valence-electron chi connectivity index (χ4n) is 3.45. The second kappa shape index (κ2) is 7.90. The van der Waals surface area contributed by atoms with Crippen LogP contribution in [0.15, 0.2) is 36.4 Å². The average Bonchev–Trinajstić information content (AvgIpc) is 2.64. The van der Waals surface area contributed by atoms with Crippen molar-refractivity contribution in [1.82, 2.24) is 5.32 Å². The summed E-state index contributed by atoms with van der Waals surface area (Å²) < 4.78 is 5.59. The molecule has 0 aromatic heterocycles. The van der Waals surface area contributed by atoms with Crippen LogP contribution in [0, 0.1) is 13.8 Å². The number of hydrogen-bond donors (Lipinski definition) is 3. The van der Waals surface area contributed by atoms with Crippen LogP contribution in [0.5, 0.6) is 5.75 Å². The third-order valence-electron chi connectivity index (χ3n) is 5.00. The zero-order chi connectivity index (χ0) is 19.6. The van der Waals surface area contributed by atoms with E-state index in [4.69, 9.17) is 15.6 Å². The van der Waals surface area contributed by atoms with Crippen molar-refractivity contribution < 1.29 is 19.4 Å². The van der Waals surface area contributed by atoms with Crippen LogP contribution >= 0.6 is 0 Å². The van der Waals surface area contributed by atoms with E-state index in [0.717, 1.165) is 22.3 Å². The summed E-state index contributed by atoms with van der Waals surface area (Å²) in [5, 5.41) is 12.2. The molecule has 1 heterocycles. The van der Waals surface area contributed by atoms with E-state index in [1.54, 1.807) is 12.1 Å². The molecule has 2 atom stereocenters. The summed E-state index contributed by atoms with van der Waals surface area (Å²) >= 11 is 0. The summed E-state index contributed by atoms with van der Waals surface area (Å²) in [6.45, 7) is 4.37. The van der Waals surface area contributed by atoms with Crippen LogP contribution in [-0.2, 0) is 29.0 Å². The van der Waals surface area contributed by atoms with Crippen molar-refractivity contribution in [2.24, 2.45) is 5.73 Å². The first-order valence-corrected chi connectivity index (χ1v) is 8.95. The fourth-order valence-corrected chi connectivity index (χ4v) is 3.45. The van der Waals surface area contributed by atoms with Gasteiger partial charge in [-0.15, -0.1) is 0 Å². The molecule has 0 spiro atoms. The molecule has 0 saturated carbocycles. The Morgan fingerprint density at radius 3 is 2.48 bits per heavy atom. The van der Waals surface area contributed by atoms with Gasteiger partial charge in [0.1, 0.15) is 17.8 Å². The molecule has 0 radical (unpaired) electrons. The first kappa shape index (κ1) is 19.1. The molecule has 2 aromatic rings. The summed E-state index contributed by atoms with van der Waals surface area (Å²) in [4.78, 5) is 23.6. The molecule has 2 aromatic carbocycles. The highest BCUT2D eigenvalue weighted by Gasteiger charge is 2.26. The lowest BCUT2D eigenvalue weighted by Crippen LogP contribution is -2.43. The molecule has 4 N–H and O–H groups in total. The summed E-state index contributed by atoms with van der Waals surface area (Å²) in [7, 11) is 0. The summed E-state index contributed by atoms with van der Waals surface area (Å²) in [6, 6.07) is 10.2. The van der Waals surface area contributed by atoms with Gasteiger partial charge < -0.3 is 15.6 Å². The Morgan fingerprint density at radius 2 is 1.85 bits per heavy atom. The number of hydrogen-bond acceptors (Lipinski definition) is 5. The number of carboxylic acids is 1. The number of aliphatic carboxylic acids is 1. The largest absolute Gasteiger partial charge is 0.480 e. The quantitative estimate of drug-likeness (QED) is 0.550. The van der Waals surface area contributed by atoms with Crippen molar-refractivity contribution in [3.8, 4) is 5.75 Å². The first-order valence-electron chi connectivity index (χ1n) is 8.95. The predicted octanol–water partition coefficient (Wildman–Crippen LogP) is 1.88. The molecular weight excluding hydrogens is 344 g/mol. The minimum atomic E-state index is -1.03. The topological polar surface area (TPSA) is 102 Å². The minimum Gasteiger partial charge on any atom is -0.480 e. The molecule has 1 unspecified atom stereocenters. The molecular formula is C21H24N2O4. The van der Waals surface area contributed by atoms with Gasteiger partial charge in [0.05, 0.1) is 0 Å². The smallest absolute Gasteiger partial charge is 0.328 e. The van der Waals surface area contributed by atoms with Gasteiger partial charge in [-0.1, -0.05) is 24.3 Å². The Hall–Kier alpha value is -2.70. The Morgan fingerprint density at radius 1 is 1.22 bits per heavy atom. The second-order valence-corrected chi connectivity index (χ2v) is 7.01. The molecule has 6 nitrogen and oxygen atoms in total. The highest BCUT2D eigenvalue weighted by Crippen LogP contribution is 2.24. The van der Waals surface area contributed by atoms with Gasteiger partial charge in [-0.05, 0) is 66.6 Å². The van der Waals surface area contributed by atoms with Gasteiger partial charge >= 0.3 is 11.9 Å². The monoisotopic (exact) mass is 368 g/mol. The number of carbonyl (C=O) groups is 2. The molecule has 0 fully saturated rings. The number of fused-ring (bicyclic) bond motifs is 1. The Labute approximate surface area is 158 Å². The van der Waals surface area contributed by atoms with Crippen LogP contribution in [0.25, 0.3) is 0 Å².